The number of imide groups is 1. The van der Waals surface area contributed by atoms with E-state index in [1.54, 1.807) is 13.8 Å². The summed E-state index contributed by atoms with van der Waals surface area (Å²) in [6.07, 6.45) is 0. The van der Waals surface area contributed by atoms with E-state index in [9.17, 15) is 14.0 Å². The fourth-order valence-corrected chi connectivity index (χ4v) is 2.05. The van der Waals surface area contributed by atoms with Gasteiger partial charge in [0.1, 0.15) is 5.82 Å². The molecule has 1 aromatic carbocycles. The fraction of sp³-hybridized carbons (Fsp3) is 0.167. The molecule has 1 aliphatic rings. The molecule has 0 N–H and O–H groups in total. The van der Waals surface area contributed by atoms with E-state index in [0.717, 1.165) is 11.0 Å². The van der Waals surface area contributed by atoms with Crippen LogP contribution in [0.2, 0.25) is 0 Å². The Morgan fingerprint density at radius 3 is 2.18 bits per heavy atom. The van der Waals surface area contributed by atoms with Crippen molar-refractivity contribution in [1.29, 1.82) is 0 Å². The lowest BCUT2D eigenvalue weighted by molar-refractivity contribution is -0.120. The Balaban J connectivity index is 2.54. The van der Waals surface area contributed by atoms with Crippen molar-refractivity contribution in [2.24, 2.45) is 0 Å². The summed E-state index contributed by atoms with van der Waals surface area (Å²) in [5.74, 6) is -1.30. The number of amides is 2. The van der Waals surface area contributed by atoms with E-state index in [1.807, 2.05) is 0 Å². The van der Waals surface area contributed by atoms with E-state index in [0.29, 0.717) is 15.6 Å². The summed E-state index contributed by atoms with van der Waals surface area (Å²) in [5.41, 5.74) is 1.02. The molecule has 0 spiro atoms. The van der Waals surface area contributed by atoms with Crippen molar-refractivity contribution in [2.45, 2.75) is 13.8 Å². The number of carbonyl (C=O) groups excluding carboxylic acids is 2. The van der Waals surface area contributed by atoms with E-state index in [1.165, 1.54) is 12.1 Å². The summed E-state index contributed by atoms with van der Waals surface area (Å²) < 4.78 is 13.7. The Bertz CT molecular complexity index is 542. The smallest absolute Gasteiger partial charge is 0.261 e. The highest BCUT2D eigenvalue weighted by Crippen LogP contribution is 2.32. The summed E-state index contributed by atoms with van der Waals surface area (Å²) >= 11 is 3.20. The molecule has 1 heterocycles. The van der Waals surface area contributed by atoms with Gasteiger partial charge in [0, 0.05) is 15.6 Å². The van der Waals surface area contributed by atoms with Gasteiger partial charge in [-0.2, -0.15) is 0 Å². The predicted molar refractivity (Wildman–Crippen MR) is 65.0 cm³/mol. The van der Waals surface area contributed by atoms with Gasteiger partial charge in [0.25, 0.3) is 11.8 Å². The van der Waals surface area contributed by atoms with Gasteiger partial charge < -0.3 is 0 Å². The molecule has 0 saturated carbocycles. The van der Waals surface area contributed by atoms with Crippen molar-refractivity contribution >= 4 is 33.4 Å². The number of benzene rings is 1. The second-order valence-electron chi connectivity index (χ2n) is 3.79. The van der Waals surface area contributed by atoms with E-state index < -0.39 is 17.6 Å². The zero-order valence-electron chi connectivity index (χ0n) is 9.25. The van der Waals surface area contributed by atoms with Crippen molar-refractivity contribution in [3.63, 3.8) is 0 Å². The van der Waals surface area contributed by atoms with Crippen LogP contribution in [0.4, 0.5) is 10.1 Å². The zero-order valence-corrected chi connectivity index (χ0v) is 10.8. The first-order valence-electron chi connectivity index (χ1n) is 4.95. The van der Waals surface area contributed by atoms with Crippen LogP contribution in [0, 0.1) is 5.82 Å². The topological polar surface area (TPSA) is 37.4 Å². The largest absolute Gasteiger partial charge is 0.269 e. The zero-order chi connectivity index (χ0) is 12.7. The van der Waals surface area contributed by atoms with E-state index in [4.69, 9.17) is 0 Å². The lowest BCUT2D eigenvalue weighted by Gasteiger charge is -2.16. The van der Waals surface area contributed by atoms with Crippen LogP contribution in [-0.4, -0.2) is 11.8 Å². The number of carbonyl (C=O) groups is 2. The maximum atomic E-state index is 13.2. The molecule has 3 nitrogen and oxygen atoms in total. The first-order chi connectivity index (χ1) is 7.93. The van der Waals surface area contributed by atoms with Crippen LogP contribution < -0.4 is 4.90 Å². The Kier molecular flexibility index (Phi) is 2.87. The lowest BCUT2D eigenvalue weighted by Crippen LogP contribution is -2.31. The maximum Gasteiger partial charge on any atom is 0.261 e. The number of halogens is 2. The van der Waals surface area contributed by atoms with Crippen LogP contribution >= 0.6 is 15.9 Å². The molecule has 0 fully saturated rings. The highest BCUT2D eigenvalue weighted by molar-refractivity contribution is 9.10. The SMILES string of the molecule is CC1=C(C)C(=O)N(c2cc(F)ccc2Br)C1=O. The molecule has 0 atom stereocenters. The number of nitrogens with zero attached hydrogens (tertiary/aromatic N) is 1. The van der Waals surface area contributed by atoms with Gasteiger partial charge in [-0.1, -0.05) is 0 Å². The highest BCUT2D eigenvalue weighted by atomic mass is 79.9. The maximum absolute atomic E-state index is 13.2. The quantitative estimate of drug-likeness (QED) is 0.748. The lowest BCUT2D eigenvalue weighted by atomic mass is 10.2. The van der Waals surface area contributed by atoms with Crippen LogP contribution in [0.15, 0.2) is 33.8 Å². The first kappa shape index (κ1) is 12.0. The normalized spacial score (nSPS) is 16.1. The van der Waals surface area contributed by atoms with E-state index in [2.05, 4.69) is 15.9 Å². The van der Waals surface area contributed by atoms with Crippen LogP contribution in [0.5, 0.6) is 0 Å². The molecule has 2 rings (SSSR count). The Labute approximate surface area is 106 Å². The fourth-order valence-electron chi connectivity index (χ4n) is 1.62. The van der Waals surface area contributed by atoms with E-state index >= 15 is 0 Å². The molecule has 0 aromatic heterocycles. The Morgan fingerprint density at radius 2 is 1.65 bits per heavy atom. The van der Waals surface area contributed by atoms with E-state index in [-0.39, 0.29) is 5.69 Å². The molecule has 0 saturated heterocycles. The van der Waals surface area contributed by atoms with Crippen LogP contribution in [0.3, 0.4) is 0 Å². The molecule has 5 heteroatoms. The van der Waals surface area contributed by atoms with Gasteiger partial charge in [0.05, 0.1) is 5.69 Å². The molecular formula is C12H9BrFNO2. The molecule has 0 unspecified atom stereocenters. The summed E-state index contributed by atoms with van der Waals surface area (Å²) in [4.78, 5) is 24.8. The third-order valence-corrected chi connectivity index (χ3v) is 3.43. The number of hydrogen-bond donors (Lipinski definition) is 0. The summed E-state index contributed by atoms with van der Waals surface area (Å²) in [6.45, 7) is 3.17. The number of rotatable bonds is 1. The van der Waals surface area contributed by atoms with Crippen molar-refractivity contribution in [3.8, 4) is 0 Å². The summed E-state index contributed by atoms with van der Waals surface area (Å²) in [5, 5.41) is 0. The molecular weight excluding hydrogens is 289 g/mol. The molecule has 1 aromatic rings. The molecule has 0 bridgehead atoms. The van der Waals surface area contributed by atoms with Gasteiger partial charge in [-0.25, -0.2) is 9.29 Å². The Morgan fingerprint density at radius 1 is 1.12 bits per heavy atom. The second kappa shape index (κ2) is 4.07. The average molecular weight is 298 g/mol. The van der Waals surface area contributed by atoms with Crippen molar-refractivity contribution in [2.75, 3.05) is 4.90 Å². The van der Waals surface area contributed by atoms with Crippen molar-refractivity contribution < 1.29 is 14.0 Å². The van der Waals surface area contributed by atoms with Gasteiger partial charge in [-0.3, -0.25) is 9.59 Å². The highest BCUT2D eigenvalue weighted by Gasteiger charge is 2.35. The third kappa shape index (κ3) is 1.80. The minimum atomic E-state index is -0.494. The molecule has 88 valence electrons. The molecule has 17 heavy (non-hydrogen) atoms. The van der Waals surface area contributed by atoms with Gasteiger partial charge in [0.2, 0.25) is 0 Å². The first-order valence-corrected chi connectivity index (χ1v) is 5.74. The predicted octanol–water partition coefficient (Wildman–Crippen LogP) is 2.80. The standard InChI is InChI=1S/C12H9BrFNO2/c1-6-7(2)12(17)15(11(6)16)10-5-8(14)3-4-9(10)13/h3-5H,1-2H3. The molecule has 2 amide bonds. The third-order valence-electron chi connectivity index (χ3n) is 2.76. The average Bonchev–Trinajstić information content (AvgIpc) is 2.48. The van der Waals surface area contributed by atoms with Gasteiger partial charge in [-0.05, 0) is 48.0 Å². The van der Waals surface area contributed by atoms with Crippen LogP contribution in [-0.2, 0) is 9.59 Å². The second-order valence-corrected chi connectivity index (χ2v) is 4.65. The molecule has 0 radical (unpaired) electrons. The van der Waals surface area contributed by atoms with Gasteiger partial charge in [0.15, 0.2) is 0 Å². The minimum absolute atomic E-state index is 0.233. The van der Waals surface area contributed by atoms with Crippen molar-refractivity contribution in [3.05, 3.63) is 39.6 Å². The minimum Gasteiger partial charge on any atom is -0.269 e. The molecule has 1 aliphatic heterocycles. The van der Waals surface area contributed by atoms with Gasteiger partial charge in [-0.15, -0.1) is 0 Å². The summed E-state index contributed by atoms with van der Waals surface area (Å²) in [7, 11) is 0. The number of hydrogen-bond acceptors (Lipinski definition) is 2. The van der Waals surface area contributed by atoms with Crippen molar-refractivity contribution in [1.82, 2.24) is 0 Å². The van der Waals surface area contributed by atoms with Crippen LogP contribution in [0.1, 0.15) is 13.8 Å². The van der Waals surface area contributed by atoms with Gasteiger partial charge >= 0.3 is 0 Å². The summed E-state index contributed by atoms with van der Waals surface area (Å²) in [6, 6.07) is 3.88. The molecule has 0 aliphatic carbocycles. The van der Waals surface area contributed by atoms with Crippen LogP contribution in [0.25, 0.3) is 0 Å². The Hall–Kier alpha value is -1.49. The number of anilines is 1. The monoisotopic (exact) mass is 297 g/mol.